The monoisotopic (exact) mass is 718 g/mol. The zero-order chi connectivity index (χ0) is 37.0. The summed E-state index contributed by atoms with van der Waals surface area (Å²) in [5, 5.41) is 0. The van der Waals surface area contributed by atoms with Crippen LogP contribution in [0.2, 0.25) is 0 Å². The van der Waals surface area contributed by atoms with E-state index in [0.29, 0.717) is 42.4 Å². The molecule has 0 saturated carbocycles. The van der Waals surface area contributed by atoms with Crippen LogP contribution in [0.1, 0.15) is 44.9 Å². The molecule has 266 valence electrons. The van der Waals surface area contributed by atoms with Gasteiger partial charge >= 0.3 is 24.1 Å². The van der Waals surface area contributed by atoms with E-state index < -0.39 is 64.7 Å². The van der Waals surface area contributed by atoms with E-state index >= 15 is 8.78 Å². The number of oxazole rings is 1. The van der Waals surface area contributed by atoms with Crippen molar-refractivity contribution in [3.63, 3.8) is 0 Å². The first-order valence-electron chi connectivity index (χ1n) is 15.3. The van der Waals surface area contributed by atoms with E-state index in [1.807, 2.05) is 0 Å². The largest absolute Gasteiger partial charge is 0.465 e. The summed E-state index contributed by atoms with van der Waals surface area (Å²) in [4.78, 5) is 35.9. The van der Waals surface area contributed by atoms with Crippen LogP contribution in [0.4, 0.5) is 41.1 Å². The van der Waals surface area contributed by atoms with Crippen molar-refractivity contribution in [2.45, 2.75) is 39.2 Å². The highest BCUT2D eigenvalue weighted by Crippen LogP contribution is 2.40. The lowest BCUT2D eigenvalue weighted by Gasteiger charge is -2.31. The zero-order valence-corrected chi connectivity index (χ0v) is 27.0. The third-order valence-electron chi connectivity index (χ3n) is 8.58. The lowest BCUT2D eigenvalue weighted by Crippen LogP contribution is -2.38. The van der Waals surface area contributed by atoms with Crippen LogP contribution in [0.3, 0.4) is 0 Å². The van der Waals surface area contributed by atoms with Gasteiger partial charge in [0, 0.05) is 47.6 Å². The molecule has 0 unspecified atom stereocenters. The first-order chi connectivity index (χ1) is 24.0. The molecule has 8 nitrogen and oxygen atoms in total. The maximum absolute atomic E-state index is 15.6. The quantitative estimate of drug-likeness (QED) is 0.124. The van der Waals surface area contributed by atoms with E-state index in [-0.39, 0.29) is 45.7 Å². The molecule has 3 heterocycles. The Kier molecular flexibility index (Phi) is 8.98. The van der Waals surface area contributed by atoms with Crippen LogP contribution in [0.5, 0.6) is 0 Å². The number of halogens is 8. The van der Waals surface area contributed by atoms with Gasteiger partial charge in [-0.2, -0.15) is 26.3 Å². The van der Waals surface area contributed by atoms with E-state index in [4.69, 9.17) is 9.15 Å². The molecule has 0 radical (unpaired) electrons. The number of carbonyl (C=O) groups is 1. The van der Waals surface area contributed by atoms with Crippen LogP contribution in [0.25, 0.3) is 33.6 Å². The van der Waals surface area contributed by atoms with Crippen molar-refractivity contribution in [3.05, 3.63) is 111 Å². The molecule has 1 fully saturated rings. The zero-order valence-electron chi connectivity index (χ0n) is 27.0. The summed E-state index contributed by atoms with van der Waals surface area (Å²) in [7, 11) is 1.21. The second-order valence-electron chi connectivity index (χ2n) is 11.9. The van der Waals surface area contributed by atoms with Crippen LogP contribution < -0.4 is 10.7 Å². The van der Waals surface area contributed by atoms with Crippen molar-refractivity contribution >= 4 is 11.9 Å². The molecule has 16 heteroatoms. The molecule has 5 aromatic rings. The Bertz CT molecular complexity index is 2200. The number of ether oxygens (including phenoxy) is 1. The molecule has 1 aliphatic heterocycles. The number of anilines is 1. The molecule has 0 bridgehead atoms. The number of benzene rings is 3. The van der Waals surface area contributed by atoms with Gasteiger partial charge in [-0.05, 0) is 67.8 Å². The predicted molar refractivity (Wildman–Crippen MR) is 168 cm³/mol. The number of rotatable bonds is 7. The Morgan fingerprint density at radius 3 is 2.04 bits per heavy atom. The van der Waals surface area contributed by atoms with Crippen LogP contribution in [-0.2, 0) is 23.6 Å². The summed E-state index contributed by atoms with van der Waals surface area (Å²) in [6.45, 7) is 3.61. The van der Waals surface area contributed by atoms with Gasteiger partial charge in [0.05, 0.1) is 41.7 Å². The maximum atomic E-state index is 15.6. The molecule has 0 amide bonds. The molecule has 1 aliphatic rings. The minimum Gasteiger partial charge on any atom is -0.465 e. The van der Waals surface area contributed by atoms with Gasteiger partial charge in [0.2, 0.25) is 5.95 Å². The summed E-state index contributed by atoms with van der Waals surface area (Å²) in [5.74, 6) is -4.01. The molecule has 1 saturated heterocycles. The minimum absolute atomic E-state index is 0.0225. The number of nitrogens with zero attached hydrogens (tertiary/aromatic N) is 4. The molecule has 0 aliphatic carbocycles. The molecule has 3 aromatic carbocycles. The van der Waals surface area contributed by atoms with Crippen molar-refractivity contribution in [3.8, 4) is 33.6 Å². The smallest absolute Gasteiger partial charge is 0.420 e. The second-order valence-corrected chi connectivity index (χ2v) is 11.9. The van der Waals surface area contributed by atoms with E-state index in [1.165, 1.54) is 44.5 Å². The molecular formula is C35H26F8N4O4. The number of aromatic nitrogens is 3. The van der Waals surface area contributed by atoms with Gasteiger partial charge in [-0.25, -0.2) is 28.3 Å². The van der Waals surface area contributed by atoms with Crippen LogP contribution >= 0.6 is 0 Å². The number of esters is 1. The van der Waals surface area contributed by atoms with E-state index in [0.717, 1.165) is 11.0 Å². The molecule has 2 aromatic heterocycles. The minimum atomic E-state index is -5.14. The van der Waals surface area contributed by atoms with E-state index in [1.54, 1.807) is 11.8 Å². The SMILES string of the molecule is COC(=O)c1ccc(-c2cc(-c3cnc(N4CCC4)nc3Cn3c(C)c(-c4cc(C(F)(F)F)cc(C(F)(F)F)c4)oc3=O)c(F)cc2F)c(C)c1. The van der Waals surface area contributed by atoms with Crippen molar-refractivity contribution in [2.75, 3.05) is 25.1 Å². The molecular weight excluding hydrogens is 692 g/mol. The van der Waals surface area contributed by atoms with Crippen molar-refractivity contribution in [1.29, 1.82) is 0 Å². The van der Waals surface area contributed by atoms with Gasteiger partial charge < -0.3 is 14.1 Å². The van der Waals surface area contributed by atoms with Gasteiger partial charge in [-0.15, -0.1) is 0 Å². The number of methoxy groups -OCH3 is 1. The molecule has 51 heavy (non-hydrogen) atoms. The maximum Gasteiger partial charge on any atom is 0.420 e. The highest BCUT2D eigenvalue weighted by atomic mass is 19.4. The standard InChI is InChI=1S/C35H26F8N4O4/c1-17-9-19(31(48)50-3)5-6-23(17)24-13-25(28(37)14-27(24)36)26-15-44-32(46-7-4-8-46)45-29(26)16-47-18(2)30(51-33(47)49)20-10-21(34(38,39)40)12-22(11-20)35(41,42)43/h5-6,9-15H,4,7-8,16H2,1-3H3. The van der Waals surface area contributed by atoms with Gasteiger partial charge in [0.25, 0.3) is 0 Å². The van der Waals surface area contributed by atoms with Gasteiger partial charge in [0.1, 0.15) is 11.6 Å². The fraction of sp³-hybridized carbons (Fsp3) is 0.257. The Morgan fingerprint density at radius 1 is 0.863 bits per heavy atom. The molecule has 0 N–H and O–H groups in total. The summed E-state index contributed by atoms with van der Waals surface area (Å²) in [6.07, 6.45) is -8.16. The van der Waals surface area contributed by atoms with Gasteiger partial charge in [-0.1, -0.05) is 6.07 Å². The average Bonchev–Trinajstić information content (AvgIpc) is 3.32. The highest BCUT2D eigenvalue weighted by Gasteiger charge is 2.38. The van der Waals surface area contributed by atoms with Crippen LogP contribution in [-0.4, -0.2) is 40.7 Å². The summed E-state index contributed by atoms with van der Waals surface area (Å²) < 4.78 is 123. The number of hydrogen-bond donors (Lipinski definition) is 0. The average molecular weight is 719 g/mol. The Balaban J connectivity index is 1.48. The third-order valence-corrected chi connectivity index (χ3v) is 8.58. The Hall–Kier alpha value is -5.54. The van der Waals surface area contributed by atoms with Crippen LogP contribution in [0, 0.1) is 25.5 Å². The fourth-order valence-electron chi connectivity index (χ4n) is 5.76. The lowest BCUT2D eigenvalue weighted by molar-refractivity contribution is -0.143. The fourth-order valence-corrected chi connectivity index (χ4v) is 5.76. The number of carbonyl (C=O) groups excluding carboxylic acids is 1. The third kappa shape index (κ3) is 6.81. The van der Waals surface area contributed by atoms with E-state index in [2.05, 4.69) is 9.97 Å². The Labute approximate surface area is 283 Å². The van der Waals surface area contributed by atoms with Gasteiger partial charge in [0.15, 0.2) is 5.76 Å². The predicted octanol–water partition coefficient (Wildman–Crippen LogP) is 8.21. The summed E-state index contributed by atoms with van der Waals surface area (Å²) >= 11 is 0. The molecule has 0 atom stereocenters. The highest BCUT2D eigenvalue weighted by molar-refractivity contribution is 5.90. The summed E-state index contributed by atoms with van der Waals surface area (Å²) in [5.41, 5.74) is -3.14. The topological polar surface area (TPSA) is 90.5 Å². The van der Waals surface area contributed by atoms with Crippen molar-refractivity contribution in [2.24, 2.45) is 0 Å². The summed E-state index contributed by atoms with van der Waals surface area (Å²) in [6, 6.07) is 7.09. The van der Waals surface area contributed by atoms with Crippen molar-refractivity contribution < 1.29 is 49.1 Å². The van der Waals surface area contributed by atoms with Gasteiger partial charge in [-0.3, -0.25) is 4.57 Å². The Morgan fingerprint density at radius 2 is 1.49 bits per heavy atom. The second kappa shape index (κ2) is 13.0. The molecule has 6 rings (SSSR count). The van der Waals surface area contributed by atoms with E-state index in [9.17, 15) is 35.9 Å². The first-order valence-corrected chi connectivity index (χ1v) is 15.3. The number of aryl methyl sites for hydroxylation is 1. The number of alkyl halides is 6. The normalized spacial score (nSPS) is 13.4. The van der Waals surface area contributed by atoms with Crippen molar-refractivity contribution in [1.82, 2.24) is 14.5 Å². The first kappa shape index (κ1) is 35.3. The number of hydrogen-bond acceptors (Lipinski definition) is 7. The lowest BCUT2D eigenvalue weighted by atomic mass is 9.94. The van der Waals surface area contributed by atoms with Crippen LogP contribution in [0.15, 0.2) is 63.9 Å². The molecule has 0 spiro atoms.